The summed E-state index contributed by atoms with van der Waals surface area (Å²) in [6.07, 6.45) is 3.68. The van der Waals surface area contributed by atoms with Crippen LogP contribution in [0.1, 0.15) is 29.6 Å². The number of hydrogen-bond donors (Lipinski definition) is 1. The molecule has 1 aromatic rings. The van der Waals surface area contributed by atoms with Crippen LogP contribution in [0.5, 0.6) is 0 Å². The van der Waals surface area contributed by atoms with Gasteiger partial charge in [-0.05, 0) is 37.0 Å². The van der Waals surface area contributed by atoms with E-state index in [1.807, 2.05) is 24.3 Å². The van der Waals surface area contributed by atoms with Crippen molar-refractivity contribution < 1.29 is 4.79 Å². The molecule has 1 aliphatic rings. The zero-order valence-corrected chi connectivity index (χ0v) is 12.6. The number of amides is 1. The van der Waals surface area contributed by atoms with Crippen LogP contribution in [-0.4, -0.2) is 17.3 Å². The zero-order valence-electron chi connectivity index (χ0n) is 9.46. The van der Waals surface area contributed by atoms with Crippen LogP contribution in [0.3, 0.4) is 0 Å². The van der Waals surface area contributed by atoms with Crippen molar-refractivity contribution in [1.29, 1.82) is 0 Å². The minimum absolute atomic E-state index is 0.0119. The first-order valence-electron chi connectivity index (χ1n) is 5.84. The Bertz CT molecular complexity index is 408. The molecule has 0 bridgehead atoms. The summed E-state index contributed by atoms with van der Waals surface area (Å²) < 4.78 is 0.935. The molecule has 0 spiro atoms. The Kier molecular flexibility index (Phi) is 4.62. The molecule has 2 atom stereocenters. The fourth-order valence-electron chi connectivity index (χ4n) is 2.18. The Hall–Kier alpha value is -0.350. The van der Waals surface area contributed by atoms with E-state index in [2.05, 4.69) is 37.2 Å². The van der Waals surface area contributed by atoms with Crippen LogP contribution in [0.25, 0.3) is 0 Å². The van der Waals surface area contributed by atoms with Crippen molar-refractivity contribution in [3.63, 3.8) is 0 Å². The first-order valence-corrected chi connectivity index (χ1v) is 7.55. The Labute approximate surface area is 118 Å². The lowest BCUT2D eigenvalue weighted by Gasteiger charge is -2.14. The fourth-order valence-corrected chi connectivity index (χ4v) is 3.35. The smallest absolute Gasteiger partial charge is 0.251 e. The van der Waals surface area contributed by atoms with Crippen molar-refractivity contribution in [3.05, 3.63) is 34.3 Å². The predicted molar refractivity (Wildman–Crippen MR) is 76.5 cm³/mol. The molecule has 1 saturated carbocycles. The maximum atomic E-state index is 11.9. The lowest BCUT2D eigenvalue weighted by Crippen LogP contribution is -2.30. The van der Waals surface area contributed by atoms with Crippen LogP contribution >= 0.6 is 31.9 Å². The van der Waals surface area contributed by atoms with E-state index >= 15 is 0 Å². The molecule has 92 valence electrons. The summed E-state index contributed by atoms with van der Waals surface area (Å²) in [5.41, 5.74) is 0.712. The lowest BCUT2D eigenvalue weighted by molar-refractivity contribution is 0.0948. The lowest BCUT2D eigenvalue weighted by atomic mass is 10.1. The number of carbonyl (C=O) groups is 1. The van der Waals surface area contributed by atoms with Gasteiger partial charge < -0.3 is 5.32 Å². The molecule has 4 heteroatoms. The summed E-state index contributed by atoms with van der Waals surface area (Å²) in [7, 11) is 0. The molecule has 17 heavy (non-hydrogen) atoms. The fraction of sp³-hybridized carbons (Fsp3) is 0.462. The van der Waals surface area contributed by atoms with Gasteiger partial charge in [0.15, 0.2) is 0 Å². The normalized spacial score (nSPS) is 23.6. The number of hydrogen-bond acceptors (Lipinski definition) is 1. The third-order valence-electron chi connectivity index (χ3n) is 3.18. The molecule has 2 nitrogen and oxygen atoms in total. The highest BCUT2D eigenvalue weighted by Crippen LogP contribution is 2.30. The van der Waals surface area contributed by atoms with Crippen LogP contribution in [0, 0.1) is 5.92 Å². The van der Waals surface area contributed by atoms with Gasteiger partial charge in [-0.15, -0.1) is 0 Å². The molecule has 1 aromatic carbocycles. The number of halogens is 2. The number of benzene rings is 1. The molecule has 1 N–H and O–H groups in total. The second kappa shape index (κ2) is 6.01. The third-order valence-corrected chi connectivity index (χ3v) is 4.88. The summed E-state index contributed by atoms with van der Waals surface area (Å²) in [5, 5.41) is 3.01. The van der Waals surface area contributed by atoms with E-state index in [4.69, 9.17) is 0 Å². The minimum atomic E-state index is 0.0119. The van der Waals surface area contributed by atoms with E-state index in [0.29, 0.717) is 16.3 Å². The topological polar surface area (TPSA) is 29.1 Å². The van der Waals surface area contributed by atoms with Crippen molar-refractivity contribution in [2.45, 2.75) is 24.1 Å². The summed E-state index contributed by atoms with van der Waals surface area (Å²) in [6.45, 7) is 0.765. The molecule has 0 radical (unpaired) electrons. The van der Waals surface area contributed by atoms with Gasteiger partial charge in [-0.2, -0.15) is 0 Å². The van der Waals surface area contributed by atoms with Crippen molar-refractivity contribution >= 4 is 37.8 Å². The molecule has 2 unspecified atom stereocenters. The highest BCUT2D eigenvalue weighted by molar-refractivity contribution is 9.10. The van der Waals surface area contributed by atoms with Gasteiger partial charge in [0.2, 0.25) is 0 Å². The van der Waals surface area contributed by atoms with Gasteiger partial charge in [-0.3, -0.25) is 4.79 Å². The maximum absolute atomic E-state index is 11.9. The quantitative estimate of drug-likeness (QED) is 0.817. The second-order valence-corrected chi connectivity index (χ2v) is 6.52. The van der Waals surface area contributed by atoms with Gasteiger partial charge in [0, 0.05) is 21.4 Å². The molecule has 2 rings (SSSR count). The second-order valence-electron chi connectivity index (χ2n) is 4.43. The van der Waals surface area contributed by atoms with Crippen LogP contribution in [0.15, 0.2) is 28.7 Å². The summed E-state index contributed by atoms with van der Waals surface area (Å²) in [4.78, 5) is 12.5. The van der Waals surface area contributed by atoms with E-state index in [1.165, 1.54) is 19.3 Å². The van der Waals surface area contributed by atoms with Crippen molar-refractivity contribution in [2.24, 2.45) is 5.92 Å². The molecular formula is C13H15Br2NO. The van der Waals surface area contributed by atoms with E-state index < -0.39 is 0 Å². The SMILES string of the molecule is O=C(NCC1CCCC1Br)c1cccc(Br)c1. The third kappa shape index (κ3) is 3.55. The molecule has 1 amide bonds. The molecular weight excluding hydrogens is 346 g/mol. The van der Waals surface area contributed by atoms with Crippen LogP contribution in [-0.2, 0) is 0 Å². The molecule has 1 fully saturated rings. The standard InChI is InChI=1S/C13H15Br2NO/c14-11-5-1-3-9(7-11)13(17)16-8-10-4-2-6-12(10)15/h1,3,5,7,10,12H,2,4,6,8H2,(H,16,17). The first-order chi connectivity index (χ1) is 8.16. The monoisotopic (exact) mass is 359 g/mol. The highest BCUT2D eigenvalue weighted by Gasteiger charge is 2.25. The highest BCUT2D eigenvalue weighted by atomic mass is 79.9. The van der Waals surface area contributed by atoms with E-state index in [-0.39, 0.29) is 5.91 Å². The van der Waals surface area contributed by atoms with Crippen LogP contribution in [0.2, 0.25) is 0 Å². The molecule has 1 aliphatic carbocycles. The number of carbonyl (C=O) groups excluding carboxylic acids is 1. The Morgan fingerprint density at radius 2 is 2.24 bits per heavy atom. The molecule has 0 heterocycles. The number of alkyl halides is 1. The average molecular weight is 361 g/mol. The van der Waals surface area contributed by atoms with Gasteiger partial charge in [0.25, 0.3) is 5.91 Å². The van der Waals surface area contributed by atoms with E-state index in [0.717, 1.165) is 11.0 Å². The summed E-state index contributed by atoms with van der Waals surface area (Å²) >= 11 is 7.03. The molecule has 0 saturated heterocycles. The summed E-state index contributed by atoms with van der Waals surface area (Å²) in [5.74, 6) is 0.587. The van der Waals surface area contributed by atoms with Crippen molar-refractivity contribution in [2.75, 3.05) is 6.54 Å². The van der Waals surface area contributed by atoms with Crippen LogP contribution < -0.4 is 5.32 Å². The molecule has 0 aliphatic heterocycles. The molecule has 0 aromatic heterocycles. The Morgan fingerprint density at radius 1 is 1.41 bits per heavy atom. The average Bonchev–Trinajstić information content (AvgIpc) is 2.72. The van der Waals surface area contributed by atoms with Gasteiger partial charge in [-0.1, -0.05) is 44.3 Å². The van der Waals surface area contributed by atoms with Crippen LogP contribution in [0.4, 0.5) is 0 Å². The van der Waals surface area contributed by atoms with Gasteiger partial charge in [-0.25, -0.2) is 0 Å². The minimum Gasteiger partial charge on any atom is -0.352 e. The Morgan fingerprint density at radius 3 is 2.88 bits per heavy atom. The van der Waals surface area contributed by atoms with Crippen molar-refractivity contribution in [3.8, 4) is 0 Å². The van der Waals surface area contributed by atoms with E-state index in [9.17, 15) is 4.79 Å². The summed E-state index contributed by atoms with van der Waals surface area (Å²) in [6, 6.07) is 7.47. The number of nitrogens with one attached hydrogen (secondary N) is 1. The zero-order chi connectivity index (χ0) is 12.3. The van der Waals surface area contributed by atoms with Crippen molar-refractivity contribution in [1.82, 2.24) is 5.32 Å². The van der Waals surface area contributed by atoms with E-state index in [1.54, 1.807) is 0 Å². The van der Waals surface area contributed by atoms with Gasteiger partial charge in [0.05, 0.1) is 0 Å². The largest absolute Gasteiger partial charge is 0.352 e. The Balaban J connectivity index is 1.89. The maximum Gasteiger partial charge on any atom is 0.251 e. The van der Waals surface area contributed by atoms with Gasteiger partial charge >= 0.3 is 0 Å². The number of rotatable bonds is 3. The van der Waals surface area contributed by atoms with Gasteiger partial charge in [0.1, 0.15) is 0 Å². The predicted octanol–water partition coefficient (Wildman–Crippen LogP) is 3.74. The first kappa shape index (κ1) is 13.1.